The number of carboxylic acids is 1. The van der Waals surface area contributed by atoms with Gasteiger partial charge in [0.2, 0.25) is 0 Å². The molecule has 0 saturated carbocycles. The second-order valence-corrected chi connectivity index (χ2v) is 6.58. The van der Waals surface area contributed by atoms with E-state index in [9.17, 15) is 20.4 Å². The molecule has 1 atom stereocenters. The summed E-state index contributed by atoms with van der Waals surface area (Å²) in [5, 5.41) is 29.3. The normalized spacial score (nSPS) is 11.8. The molecule has 7 heteroatoms. The molecule has 1 N–H and O–H groups in total. The summed E-state index contributed by atoms with van der Waals surface area (Å²) in [6.45, 7) is 3.59. The van der Waals surface area contributed by atoms with Crippen LogP contribution in [0.4, 0.5) is 0 Å². The van der Waals surface area contributed by atoms with Gasteiger partial charge in [-0.2, -0.15) is 10.5 Å². The minimum Gasteiger partial charge on any atom is -0.477 e. The van der Waals surface area contributed by atoms with Crippen molar-refractivity contribution < 1.29 is 9.90 Å². The number of benzene rings is 1. The molecule has 0 aliphatic rings. The molecule has 25 heavy (non-hydrogen) atoms. The lowest BCUT2D eigenvalue weighted by Crippen LogP contribution is -2.03. The van der Waals surface area contributed by atoms with Crippen LogP contribution < -0.4 is 0 Å². The lowest BCUT2D eigenvalue weighted by Gasteiger charge is -2.10. The van der Waals surface area contributed by atoms with Crippen LogP contribution in [0.3, 0.4) is 0 Å². The third-order valence-electron chi connectivity index (χ3n) is 4.06. The number of aromatic nitrogens is 2. The number of carboxylic acid groups (broad SMARTS) is 1. The Morgan fingerprint density at radius 2 is 2.20 bits per heavy atom. The zero-order valence-corrected chi connectivity index (χ0v) is 14.5. The van der Waals surface area contributed by atoms with Gasteiger partial charge in [0.25, 0.3) is 0 Å². The molecule has 0 aliphatic heterocycles. The smallest absolute Gasteiger partial charge is 0.347 e. The van der Waals surface area contributed by atoms with Crippen LogP contribution in [-0.2, 0) is 0 Å². The Hall–Kier alpha value is -3.16. The number of nitrogens with zero attached hydrogens (tertiary/aromatic N) is 4. The highest BCUT2D eigenvalue weighted by atomic mass is 32.1. The van der Waals surface area contributed by atoms with Crippen LogP contribution in [0.5, 0.6) is 0 Å². The molecular formula is C18H14N4O2S. The van der Waals surface area contributed by atoms with Gasteiger partial charge in [0, 0.05) is 17.1 Å². The molecule has 0 spiro atoms. The van der Waals surface area contributed by atoms with E-state index in [0.29, 0.717) is 22.7 Å². The SMILES string of the molecule is CCC(C#N)n1cc(C#N)c2cc(-c3nc(C)c(C(=O)O)s3)ccc21. The highest BCUT2D eigenvalue weighted by Gasteiger charge is 2.18. The summed E-state index contributed by atoms with van der Waals surface area (Å²) in [4.78, 5) is 15.8. The predicted octanol–water partition coefficient (Wildman–Crippen LogP) is 4.12. The fourth-order valence-electron chi connectivity index (χ4n) is 2.80. The Kier molecular flexibility index (Phi) is 4.26. The van der Waals surface area contributed by atoms with Gasteiger partial charge < -0.3 is 9.67 Å². The van der Waals surface area contributed by atoms with Crippen LogP contribution in [-0.4, -0.2) is 20.6 Å². The lowest BCUT2D eigenvalue weighted by atomic mass is 10.1. The first-order valence-electron chi connectivity index (χ1n) is 7.65. The minimum atomic E-state index is -0.994. The number of rotatable bonds is 4. The third kappa shape index (κ3) is 2.75. The summed E-state index contributed by atoms with van der Waals surface area (Å²) in [5.74, 6) is -0.994. The third-order valence-corrected chi connectivity index (χ3v) is 5.26. The van der Waals surface area contributed by atoms with E-state index in [4.69, 9.17) is 0 Å². The molecule has 0 amide bonds. The van der Waals surface area contributed by atoms with Crippen molar-refractivity contribution in [3.8, 4) is 22.7 Å². The summed E-state index contributed by atoms with van der Waals surface area (Å²) < 4.78 is 1.81. The van der Waals surface area contributed by atoms with Gasteiger partial charge in [-0.05, 0) is 31.5 Å². The molecule has 0 radical (unpaired) electrons. The average Bonchev–Trinajstić information content (AvgIpc) is 3.17. The zero-order valence-electron chi connectivity index (χ0n) is 13.6. The van der Waals surface area contributed by atoms with Crippen LogP contribution in [0.1, 0.15) is 40.3 Å². The van der Waals surface area contributed by atoms with E-state index >= 15 is 0 Å². The van der Waals surface area contributed by atoms with E-state index in [-0.39, 0.29) is 10.9 Å². The number of aryl methyl sites for hydroxylation is 1. The minimum absolute atomic E-state index is 0.212. The van der Waals surface area contributed by atoms with Crippen molar-refractivity contribution in [2.75, 3.05) is 0 Å². The molecule has 6 nitrogen and oxygen atoms in total. The Balaban J connectivity index is 2.18. The van der Waals surface area contributed by atoms with Gasteiger partial charge in [0.05, 0.1) is 22.8 Å². The Labute approximate surface area is 148 Å². The first-order valence-corrected chi connectivity index (χ1v) is 8.47. The highest BCUT2D eigenvalue weighted by Crippen LogP contribution is 2.33. The van der Waals surface area contributed by atoms with Crippen molar-refractivity contribution in [1.29, 1.82) is 10.5 Å². The maximum absolute atomic E-state index is 11.2. The first-order chi connectivity index (χ1) is 12.0. The largest absolute Gasteiger partial charge is 0.477 e. The second-order valence-electron chi connectivity index (χ2n) is 5.59. The van der Waals surface area contributed by atoms with Crippen molar-refractivity contribution in [2.24, 2.45) is 0 Å². The number of hydrogen-bond acceptors (Lipinski definition) is 5. The van der Waals surface area contributed by atoms with E-state index in [1.54, 1.807) is 13.1 Å². The van der Waals surface area contributed by atoms with E-state index in [1.807, 2.05) is 29.7 Å². The summed E-state index contributed by atoms with van der Waals surface area (Å²) >= 11 is 1.11. The predicted molar refractivity (Wildman–Crippen MR) is 94.4 cm³/mol. The average molecular weight is 350 g/mol. The van der Waals surface area contributed by atoms with Gasteiger partial charge in [-0.25, -0.2) is 9.78 Å². The van der Waals surface area contributed by atoms with Crippen molar-refractivity contribution >= 4 is 28.2 Å². The standard InChI is InChI=1S/C18H14N4O2S/c1-3-13(8-20)22-9-12(7-19)14-6-11(4-5-15(14)22)17-21-10(2)16(25-17)18(23)24/h4-6,9,13H,3H2,1-2H3,(H,23,24). The van der Waals surface area contributed by atoms with E-state index < -0.39 is 5.97 Å². The molecule has 3 rings (SSSR count). The molecule has 124 valence electrons. The van der Waals surface area contributed by atoms with Gasteiger partial charge in [-0.15, -0.1) is 11.3 Å². The quantitative estimate of drug-likeness (QED) is 0.762. The number of aromatic carboxylic acids is 1. The van der Waals surface area contributed by atoms with Gasteiger partial charge >= 0.3 is 5.97 Å². The molecule has 0 saturated heterocycles. The fourth-order valence-corrected chi connectivity index (χ4v) is 3.70. The molecule has 1 unspecified atom stereocenters. The monoisotopic (exact) mass is 350 g/mol. The molecule has 2 heterocycles. The lowest BCUT2D eigenvalue weighted by molar-refractivity contribution is 0.0701. The number of hydrogen-bond donors (Lipinski definition) is 1. The van der Waals surface area contributed by atoms with Gasteiger partial charge in [0.15, 0.2) is 0 Å². The summed E-state index contributed by atoms with van der Waals surface area (Å²) in [6.07, 6.45) is 2.34. The van der Waals surface area contributed by atoms with Gasteiger partial charge in [-0.1, -0.05) is 6.92 Å². The van der Waals surface area contributed by atoms with Crippen molar-refractivity contribution in [1.82, 2.24) is 9.55 Å². The van der Waals surface area contributed by atoms with Crippen LogP contribution in [0.25, 0.3) is 21.5 Å². The van der Waals surface area contributed by atoms with Gasteiger partial charge in [-0.3, -0.25) is 0 Å². The topological polar surface area (TPSA) is 103 Å². The zero-order chi connectivity index (χ0) is 18.1. The Bertz CT molecular complexity index is 1070. The van der Waals surface area contributed by atoms with Crippen molar-refractivity contribution in [3.05, 3.63) is 40.5 Å². The van der Waals surface area contributed by atoms with Crippen LogP contribution in [0.15, 0.2) is 24.4 Å². The molecule has 1 aromatic carbocycles. The molecule has 0 fully saturated rings. The summed E-state index contributed by atoms with van der Waals surface area (Å²) in [5.41, 5.74) is 2.52. The summed E-state index contributed by atoms with van der Waals surface area (Å²) in [7, 11) is 0. The fraction of sp³-hybridized carbons (Fsp3) is 0.222. The number of carbonyl (C=O) groups is 1. The number of thiazole rings is 1. The van der Waals surface area contributed by atoms with Crippen LogP contribution in [0, 0.1) is 29.6 Å². The molecule has 3 aromatic rings. The highest BCUT2D eigenvalue weighted by molar-refractivity contribution is 7.17. The molecule has 2 aromatic heterocycles. The van der Waals surface area contributed by atoms with E-state index in [1.165, 1.54) is 0 Å². The van der Waals surface area contributed by atoms with Crippen molar-refractivity contribution in [3.63, 3.8) is 0 Å². The van der Waals surface area contributed by atoms with Crippen LogP contribution in [0.2, 0.25) is 0 Å². The molecule has 0 aliphatic carbocycles. The Morgan fingerprint density at radius 1 is 1.44 bits per heavy atom. The second kappa shape index (κ2) is 6.39. The van der Waals surface area contributed by atoms with Gasteiger partial charge in [0.1, 0.15) is 22.0 Å². The molecule has 0 bridgehead atoms. The van der Waals surface area contributed by atoms with Crippen LogP contribution >= 0.6 is 11.3 Å². The Morgan fingerprint density at radius 3 is 2.76 bits per heavy atom. The molecular weight excluding hydrogens is 336 g/mol. The van der Waals surface area contributed by atoms with Crippen molar-refractivity contribution in [2.45, 2.75) is 26.3 Å². The summed E-state index contributed by atoms with van der Waals surface area (Å²) in [6, 6.07) is 9.60. The maximum atomic E-state index is 11.2. The first kappa shape index (κ1) is 16.7. The number of nitriles is 2. The van der Waals surface area contributed by atoms with E-state index in [0.717, 1.165) is 27.8 Å². The van der Waals surface area contributed by atoms with E-state index in [2.05, 4.69) is 17.1 Å². The maximum Gasteiger partial charge on any atom is 0.347 e. The number of fused-ring (bicyclic) bond motifs is 1.